The van der Waals surface area contributed by atoms with Gasteiger partial charge in [-0.1, -0.05) is 30.8 Å². The van der Waals surface area contributed by atoms with Gasteiger partial charge in [-0.25, -0.2) is 17.8 Å². The standard InChI is InChI=1S/C27H21N5O4S/c1-17-12-20(29-24-13-18(15-28)10-11-22(17)24)16-31-25-9-4-3-8-23(25)26(33)32(27(31)34)21-7-5-6-19(14-21)30-37(2,35)36/h3-14,29-30H,1,16H2,2H3. The van der Waals surface area contributed by atoms with Gasteiger partial charge in [-0.2, -0.15) is 5.26 Å². The first kappa shape index (κ1) is 23.8. The van der Waals surface area contributed by atoms with Crippen LogP contribution >= 0.6 is 0 Å². The summed E-state index contributed by atoms with van der Waals surface area (Å²) < 4.78 is 28.3. The van der Waals surface area contributed by atoms with Crippen LogP contribution in [0.15, 0.2) is 94.7 Å². The summed E-state index contributed by atoms with van der Waals surface area (Å²) in [7, 11) is -3.56. The zero-order valence-electron chi connectivity index (χ0n) is 19.7. The Kier molecular flexibility index (Phi) is 5.78. The molecule has 0 bridgehead atoms. The van der Waals surface area contributed by atoms with Gasteiger partial charge in [0, 0.05) is 16.9 Å². The van der Waals surface area contributed by atoms with E-state index in [1.807, 2.05) is 12.1 Å². The average molecular weight is 512 g/mol. The Bertz CT molecular complexity index is 1910. The number of aromatic nitrogens is 2. The van der Waals surface area contributed by atoms with Crippen molar-refractivity contribution in [3.8, 4) is 11.8 Å². The molecule has 2 heterocycles. The number of nitriles is 1. The van der Waals surface area contributed by atoms with Gasteiger partial charge in [0.25, 0.3) is 5.56 Å². The minimum absolute atomic E-state index is 0.0934. The lowest BCUT2D eigenvalue weighted by molar-refractivity contribution is 0.607. The van der Waals surface area contributed by atoms with E-state index >= 15 is 0 Å². The number of para-hydroxylation sites is 1. The van der Waals surface area contributed by atoms with Gasteiger partial charge < -0.3 is 5.32 Å². The molecule has 0 saturated heterocycles. The number of fused-ring (bicyclic) bond motifs is 2. The molecule has 184 valence electrons. The van der Waals surface area contributed by atoms with Gasteiger partial charge in [0.2, 0.25) is 10.0 Å². The van der Waals surface area contributed by atoms with E-state index in [4.69, 9.17) is 0 Å². The van der Waals surface area contributed by atoms with Gasteiger partial charge >= 0.3 is 5.69 Å². The van der Waals surface area contributed by atoms with Crippen molar-refractivity contribution in [1.29, 1.82) is 5.26 Å². The van der Waals surface area contributed by atoms with Gasteiger partial charge in [-0.3, -0.25) is 14.1 Å². The predicted octanol–water partition coefficient (Wildman–Crippen LogP) is 3.42. The van der Waals surface area contributed by atoms with Crippen LogP contribution in [0.2, 0.25) is 0 Å². The van der Waals surface area contributed by atoms with Crippen LogP contribution in [0.4, 0.5) is 11.4 Å². The molecule has 0 aliphatic carbocycles. The second-order valence-corrected chi connectivity index (χ2v) is 10.4. The topological polar surface area (TPSA) is 126 Å². The fraction of sp³-hybridized carbons (Fsp3) is 0.0741. The van der Waals surface area contributed by atoms with Gasteiger partial charge in [-0.15, -0.1) is 0 Å². The number of anilines is 2. The highest BCUT2D eigenvalue weighted by Crippen LogP contribution is 2.31. The Balaban J connectivity index is 1.65. The fourth-order valence-corrected chi connectivity index (χ4v) is 4.93. The summed E-state index contributed by atoms with van der Waals surface area (Å²) in [5.74, 6) is 0. The van der Waals surface area contributed by atoms with Crippen molar-refractivity contribution in [1.82, 2.24) is 9.13 Å². The van der Waals surface area contributed by atoms with Gasteiger partial charge in [-0.05, 0) is 54.1 Å². The molecule has 1 aromatic heterocycles. The van der Waals surface area contributed by atoms with Crippen LogP contribution in [0.3, 0.4) is 0 Å². The van der Waals surface area contributed by atoms with Crippen LogP contribution in [0.1, 0.15) is 11.1 Å². The normalized spacial score (nSPS) is 12.9. The molecule has 3 aromatic carbocycles. The van der Waals surface area contributed by atoms with Crippen LogP contribution in [-0.4, -0.2) is 23.8 Å². The summed E-state index contributed by atoms with van der Waals surface area (Å²) in [6.07, 6.45) is 2.84. The Labute approximate surface area is 212 Å². The fourth-order valence-electron chi connectivity index (χ4n) is 4.37. The van der Waals surface area contributed by atoms with Crippen molar-refractivity contribution in [3.05, 3.63) is 117 Å². The SMILES string of the molecule is C=C1C=C(Cn2c(=O)n(-c3cccc(NS(C)(=O)=O)c3)c(=O)c3ccccc32)Nc2cc(C#N)ccc21. The average Bonchev–Trinajstić information content (AvgIpc) is 2.85. The molecule has 2 N–H and O–H groups in total. The maximum Gasteiger partial charge on any atom is 0.336 e. The van der Waals surface area contributed by atoms with Crippen LogP contribution < -0.4 is 21.3 Å². The van der Waals surface area contributed by atoms with Crippen molar-refractivity contribution in [2.24, 2.45) is 0 Å². The highest BCUT2D eigenvalue weighted by atomic mass is 32.2. The Hall–Kier alpha value is -4.88. The third-order valence-electron chi connectivity index (χ3n) is 5.92. The number of sulfonamides is 1. The van der Waals surface area contributed by atoms with E-state index in [9.17, 15) is 23.3 Å². The van der Waals surface area contributed by atoms with E-state index in [-0.39, 0.29) is 17.9 Å². The van der Waals surface area contributed by atoms with Crippen LogP contribution in [0.25, 0.3) is 22.2 Å². The molecule has 0 unspecified atom stereocenters. The summed E-state index contributed by atoms with van der Waals surface area (Å²) in [5, 5.41) is 12.9. The molecule has 0 saturated carbocycles. The van der Waals surface area contributed by atoms with Crippen LogP contribution in [0, 0.1) is 11.3 Å². The number of hydrogen-bond donors (Lipinski definition) is 2. The molecule has 1 aliphatic heterocycles. The molecule has 4 aromatic rings. The van der Waals surface area contributed by atoms with Crippen LogP contribution in [0.5, 0.6) is 0 Å². The number of benzene rings is 3. The molecule has 0 fully saturated rings. The molecule has 0 spiro atoms. The smallest absolute Gasteiger partial charge is 0.336 e. The van der Waals surface area contributed by atoms with Crippen molar-refractivity contribution >= 4 is 37.9 Å². The largest absolute Gasteiger partial charge is 0.357 e. The molecule has 37 heavy (non-hydrogen) atoms. The zero-order valence-corrected chi connectivity index (χ0v) is 20.5. The second kappa shape index (κ2) is 8.96. The highest BCUT2D eigenvalue weighted by Gasteiger charge is 2.19. The molecule has 0 radical (unpaired) electrons. The Morgan fingerprint density at radius 3 is 2.59 bits per heavy atom. The summed E-state index contributed by atoms with van der Waals surface area (Å²) in [6, 6.07) is 20.2. The van der Waals surface area contributed by atoms with Crippen molar-refractivity contribution in [2.75, 3.05) is 16.3 Å². The third-order valence-corrected chi connectivity index (χ3v) is 6.53. The summed E-state index contributed by atoms with van der Waals surface area (Å²) in [5.41, 5.74) is 3.19. The Morgan fingerprint density at radius 2 is 1.84 bits per heavy atom. The number of hydrogen-bond acceptors (Lipinski definition) is 6. The minimum atomic E-state index is -3.56. The molecule has 5 rings (SSSR count). The maximum absolute atomic E-state index is 13.8. The molecule has 10 heteroatoms. The number of rotatable bonds is 5. The van der Waals surface area contributed by atoms with Crippen LogP contribution in [-0.2, 0) is 16.6 Å². The van der Waals surface area contributed by atoms with Gasteiger partial charge in [0.15, 0.2) is 0 Å². The first-order valence-electron chi connectivity index (χ1n) is 11.2. The van der Waals surface area contributed by atoms with E-state index in [2.05, 4.69) is 22.7 Å². The number of nitrogens with zero attached hydrogens (tertiary/aromatic N) is 3. The molecule has 0 amide bonds. The van der Waals surface area contributed by atoms with E-state index < -0.39 is 21.3 Å². The van der Waals surface area contributed by atoms with Crippen molar-refractivity contribution < 1.29 is 8.42 Å². The molecule has 9 nitrogen and oxygen atoms in total. The van der Waals surface area contributed by atoms with Crippen molar-refractivity contribution in [3.63, 3.8) is 0 Å². The molecule has 0 atom stereocenters. The second-order valence-electron chi connectivity index (χ2n) is 8.64. The summed E-state index contributed by atoms with van der Waals surface area (Å²) in [4.78, 5) is 27.2. The quantitative estimate of drug-likeness (QED) is 0.423. The predicted molar refractivity (Wildman–Crippen MR) is 144 cm³/mol. The summed E-state index contributed by atoms with van der Waals surface area (Å²) >= 11 is 0. The minimum Gasteiger partial charge on any atom is -0.357 e. The monoisotopic (exact) mass is 511 g/mol. The molecular formula is C27H21N5O4S. The lowest BCUT2D eigenvalue weighted by Gasteiger charge is -2.23. The molecular weight excluding hydrogens is 490 g/mol. The first-order chi connectivity index (χ1) is 17.6. The van der Waals surface area contributed by atoms with E-state index in [1.165, 1.54) is 16.7 Å². The molecule has 1 aliphatic rings. The summed E-state index contributed by atoms with van der Waals surface area (Å²) in [6.45, 7) is 4.20. The van der Waals surface area contributed by atoms with Crippen molar-refractivity contribution in [2.45, 2.75) is 6.54 Å². The van der Waals surface area contributed by atoms with E-state index in [1.54, 1.807) is 48.5 Å². The lowest BCUT2D eigenvalue weighted by Crippen LogP contribution is -2.39. The number of allylic oxidation sites excluding steroid dienone is 3. The maximum atomic E-state index is 13.8. The van der Waals surface area contributed by atoms with Gasteiger partial charge in [0.1, 0.15) is 0 Å². The highest BCUT2D eigenvalue weighted by molar-refractivity contribution is 7.92. The first-order valence-corrected chi connectivity index (χ1v) is 13.1. The van der Waals surface area contributed by atoms with E-state index in [0.29, 0.717) is 27.9 Å². The zero-order chi connectivity index (χ0) is 26.3. The number of nitrogens with one attached hydrogen (secondary N) is 2. The van der Waals surface area contributed by atoms with Gasteiger partial charge in [0.05, 0.1) is 46.7 Å². The van der Waals surface area contributed by atoms with E-state index in [0.717, 1.165) is 22.0 Å². The lowest BCUT2D eigenvalue weighted by atomic mass is 9.98. The Morgan fingerprint density at radius 1 is 1.05 bits per heavy atom. The third kappa shape index (κ3) is 4.55.